The normalized spacial score (nSPS) is 27.8. The van der Waals surface area contributed by atoms with Gasteiger partial charge in [0.2, 0.25) is 0 Å². The van der Waals surface area contributed by atoms with Crippen molar-refractivity contribution in [3.8, 4) is 0 Å². The average Bonchev–Trinajstić information content (AvgIpc) is 2.40. The molecule has 0 spiro atoms. The van der Waals surface area contributed by atoms with Gasteiger partial charge in [-0.15, -0.1) is 0 Å². The number of ether oxygens (including phenoxy) is 1. The molecule has 1 unspecified atom stereocenters. The van der Waals surface area contributed by atoms with Gasteiger partial charge in [-0.25, -0.2) is 0 Å². The molecular formula is C14H29N3O. The first-order chi connectivity index (χ1) is 8.77. The van der Waals surface area contributed by atoms with Gasteiger partial charge in [0.15, 0.2) is 0 Å². The van der Waals surface area contributed by atoms with Gasteiger partial charge >= 0.3 is 0 Å². The fraction of sp³-hybridized carbons (Fsp3) is 1.00. The van der Waals surface area contributed by atoms with E-state index < -0.39 is 0 Å². The molecule has 0 radical (unpaired) electrons. The smallest absolute Gasteiger partial charge is 0.0594 e. The second kappa shape index (κ2) is 7.43. The molecule has 4 heteroatoms. The van der Waals surface area contributed by atoms with Crippen molar-refractivity contribution in [1.29, 1.82) is 0 Å². The van der Waals surface area contributed by atoms with Crippen LogP contribution in [0.5, 0.6) is 0 Å². The number of nitrogens with zero attached hydrogens (tertiary/aromatic N) is 2. The molecule has 0 aromatic rings. The van der Waals surface area contributed by atoms with Gasteiger partial charge in [0.1, 0.15) is 0 Å². The first kappa shape index (κ1) is 14.3. The van der Waals surface area contributed by atoms with Crippen molar-refractivity contribution in [2.45, 2.75) is 26.3 Å². The van der Waals surface area contributed by atoms with Crippen LogP contribution >= 0.6 is 0 Å². The third-order valence-electron chi connectivity index (χ3n) is 4.19. The molecule has 2 saturated heterocycles. The predicted octanol–water partition coefficient (Wildman–Crippen LogP) is 0.639. The summed E-state index contributed by atoms with van der Waals surface area (Å²) in [4.78, 5) is 5.22. The van der Waals surface area contributed by atoms with E-state index in [1.165, 1.54) is 26.1 Å². The molecule has 0 saturated carbocycles. The van der Waals surface area contributed by atoms with Crippen LogP contribution in [0.15, 0.2) is 0 Å². The van der Waals surface area contributed by atoms with E-state index >= 15 is 0 Å². The quantitative estimate of drug-likeness (QED) is 0.780. The monoisotopic (exact) mass is 255 g/mol. The van der Waals surface area contributed by atoms with Gasteiger partial charge in [0.05, 0.1) is 13.2 Å². The summed E-state index contributed by atoms with van der Waals surface area (Å²) in [6.45, 7) is 14.8. The highest BCUT2D eigenvalue weighted by Gasteiger charge is 2.24. The standard InChI is InChI=1S/C14H29N3O/c1-13(2)14-12-15-4-7-17(14)6-3-5-16-8-10-18-11-9-16/h13-15H,3-12H2,1-2H3. The highest BCUT2D eigenvalue weighted by atomic mass is 16.5. The Kier molecular flexibility index (Phi) is 5.89. The predicted molar refractivity (Wildman–Crippen MR) is 74.9 cm³/mol. The fourth-order valence-corrected chi connectivity index (χ4v) is 3.02. The van der Waals surface area contributed by atoms with Crippen molar-refractivity contribution < 1.29 is 4.74 Å². The van der Waals surface area contributed by atoms with Gasteiger partial charge in [-0.1, -0.05) is 13.8 Å². The molecule has 2 aliphatic heterocycles. The number of hydrogen-bond donors (Lipinski definition) is 1. The van der Waals surface area contributed by atoms with E-state index in [0.717, 1.165) is 51.4 Å². The molecule has 0 aromatic carbocycles. The molecular weight excluding hydrogens is 226 g/mol. The first-order valence-electron chi connectivity index (χ1n) is 7.52. The lowest BCUT2D eigenvalue weighted by molar-refractivity contribution is 0.0340. The van der Waals surface area contributed by atoms with Crippen LogP contribution in [0.4, 0.5) is 0 Å². The van der Waals surface area contributed by atoms with E-state index in [4.69, 9.17) is 4.74 Å². The van der Waals surface area contributed by atoms with Crippen molar-refractivity contribution in [1.82, 2.24) is 15.1 Å². The lowest BCUT2D eigenvalue weighted by Crippen LogP contribution is -2.54. The Hall–Kier alpha value is -0.160. The summed E-state index contributed by atoms with van der Waals surface area (Å²) < 4.78 is 5.38. The van der Waals surface area contributed by atoms with Gasteiger partial charge in [-0.2, -0.15) is 0 Å². The Labute approximate surface area is 112 Å². The van der Waals surface area contributed by atoms with Crippen molar-refractivity contribution in [3.63, 3.8) is 0 Å². The van der Waals surface area contributed by atoms with Gasteiger partial charge in [-0.05, 0) is 25.4 Å². The Morgan fingerprint density at radius 2 is 1.94 bits per heavy atom. The van der Waals surface area contributed by atoms with Crippen LogP contribution in [0.25, 0.3) is 0 Å². The third kappa shape index (κ3) is 4.19. The van der Waals surface area contributed by atoms with Crippen LogP contribution in [-0.2, 0) is 4.74 Å². The summed E-state index contributed by atoms with van der Waals surface area (Å²) in [6, 6.07) is 0.725. The molecule has 0 aliphatic carbocycles. The number of piperazine rings is 1. The summed E-state index contributed by atoms with van der Waals surface area (Å²) in [7, 11) is 0. The van der Waals surface area contributed by atoms with Gasteiger partial charge in [0, 0.05) is 38.8 Å². The molecule has 0 bridgehead atoms. The van der Waals surface area contributed by atoms with Crippen molar-refractivity contribution in [2.24, 2.45) is 5.92 Å². The summed E-state index contributed by atoms with van der Waals surface area (Å²) in [5.41, 5.74) is 0. The second-order valence-electron chi connectivity index (χ2n) is 5.86. The summed E-state index contributed by atoms with van der Waals surface area (Å²) in [5.74, 6) is 0.751. The summed E-state index contributed by atoms with van der Waals surface area (Å²) >= 11 is 0. The van der Waals surface area contributed by atoms with Crippen LogP contribution in [0.1, 0.15) is 20.3 Å². The van der Waals surface area contributed by atoms with E-state index in [-0.39, 0.29) is 0 Å². The maximum Gasteiger partial charge on any atom is 0.0594 e. The molecule has 4 nitrogen and oxygen atoms in total. The van der Waals surface area contributed by atoms with Crippen LogP contribution in [0, 0.1) is 5.92 Å². The zero-order chi connectivity index (χ0) is 12.8. The molecule has 2 rings (SSSR count). The largest absolute Gasteiger partial charge is 0.379 e. The summed E-state index contributed by atoms with van der Waals surface area (Å²) in [6.07, 6.45) is 1.29. The Morgan fingerprint density at radius 1 is 1.17 bits per heavy atom. The average molecular weight is 255 g/mol. The van der Waals surface area contributed by atoms with Gasteiger partial charge < -0.3 is 10.1 Å². The Bertz CT molecular complexity index is 229. The van der Waals surface area contributed by atoms with Crippen molar-refractivity contribution in [3.05, 3.63) is 0 Å². The van der Waals surface area contributed by atoms with Crippen molar-refractivity contribution >= 4 is 0 Å². The molecule has 18 heavy (non-hydrogen) atoms. The highest BCUT2D eigenvalue weighted by molar-refractivity contribution is 4.82. The Morgan fingerprint density at radius 3 is 2.67 bits per heavy atom. The lowest BCUT2D eigenvalue weighted by Gasteiger charge is -2.39. The minimum Gasteiger partial charge on any atom is -0.379 e. The van der Waals surface area contributed by atoms with Gasteiger partial charge in [0.25, 0.3) is 0 Å². The van der Waals surface area contributed by atoms with Crippen molar-refractivity contribution in [2.75, 3.05) is 59.0 Å². The first-order valence-corrected chi connectivity index (χ1v) is 7.52. The van der Waals surface area contributed by atoms with E-state index in [1.807, 2.05) is 0 Å². The Balaban J connectivity index is 1.67. The second-order valence-corrected chi connectivity index (χ2v) is 5.86. The zero-order valence-electron chi connectivity index (χ0n) is 12.0. The SMILES string of the molecule is CC(C)C1CNCCN1CCCN1CCOCC1. The molecule has 1 N–H and O–H groups in total. The van der Waals surface area contributed by atoms with Crippen LogP contribution in [0.2, 0.25) is 0 Å². The zero-order valence-corrected chi connectivity index (χ0v) is 12.0. The topological polar surface area (TPSA) is 27.7 Å². The van der Waals surface area contributed by atoms with E-state index in [1.54, 1.807) is 0 Å². The molecule has 2 heterocycles. The molecule has 2 fully saturated rings. The molecule has 106 valence electrons. The van der Waals surface area contributed by atoms with E-state index in [0.29, 0.717) is 0 Å². The molecule has 1 atom stereocenters. The molecule has 0 aromatic heterocycles. The minimum absolute atomic E-state index is 0.725. The molecule has 2 aliphatic rings. The van der Waals surface area contributed by atoms with Crippen LogP contribution in [0.3, 0.4) is 0 Å². The maximum atomic E-state index is 5.38. The fourth-order valence-electron chi connectivity index (χ4n) is 3.02. The number of rotatable bonds is 5. The summed E-state index contributed by atoms with van der Waals surface area (Å²) in [5, 5.41) is 3.52. The van der Waals surface area contributed by atoms with Crippen LogP contribution < -0.4 is 5.32 Å². The lowest BCUT2D eigenvalue weighted by atomic mass is 10.0. The third-order valence-corrected chi connectivity index (χ3v) is 4.19. The minimum atomic E-state index is 0.725. The molecule has 0 amide bonds. The maximum absolute atomic E-state index is 5.38. The van der Waals surface area contributed by atoms with Gasteiger partial charge in [-0.3, -0.25) is 9.80 Å². The number of morpholine rings is 1. The van der Waals surface area contributed by atoms with Crippen LogP contribution in [-0.4, -0.2) is 74.9 Å². The number of nitrogens with one attached hydrogen (secondary N) is 1. The van der Waals surface area contributed by atoms with E-state index in [2.05, 4.69) is 29.0 Å². The van der Waals surface area contributed by atoms with E-state index in [9.17, 15) is 0 Å². The highest BCUT2D eigenvalue weighted by Crippen LogP contribution is 2.13. The number of hydrogen-bond acceptors (Lipinski definition) is 4.